The third kappa shape index (κ3) is 7.56. The van der Waals surface area contributed by atoms with Crippen LogP contribution in [-0.2, 0) is 9.53 Å². The summed E-state index contributed by atoms with van der Waals surface area (Å²) in [6.45, 7) is 3.24. The molecule has 1 N–H and O–H groups in total. The number of aromatic nitrogens is 1. The van der Waals surface area contributed by atoms with E-state index in [1.807, 2.05) is 6.92 Å². The molecule has 0 aromatic carbocycles. The first-order valence-electron chi connectivity index (χ1n) is 7.63. The number of unbranched alkanes of at least 4 members (excludes halogenated alkanes) is 3. The molecule has 7 heteroatoms. The summed E-state index contributed by atoms with van der Waals surface area (Å²) < 4.78 is 5.11. The Labute approximate surface area is 130 Å². The second-order valence-corrected chi connectivity index (χ2v) is 4.97. The molecule has 0 aliphatic rings. The Morgan fingerprint density at radius 2 is 2.14 bits per heavy atom. The molecule has 0 bridgehead atoms. The largest absolute Gasteiger partial charge is 0.466 e. The highest BCUT2D eigenvalue weighted by atomic mass is 16.6. The number of carbonyl (C=O) groups is 1. The van der Waals surface area contributed by atoms with E-state index < -0.39 is 4.92 Å². The van der Waals surface area contributed by atoms with Crippen LogP contribution in [0, 0.1) is 10.1 Å². The quantitative estimate of drug-likeness (QED) is 0.292. The van der Waals surface area contributed by atoms with Gasteiger partial charge in [-0.3, -0.25) is 14.9 Å². The van der Waals surface area contributed by atoms with E-state index in [-0.39, 0.29) is 11.7 Å². The number of hydrogen-bond acceptors (Lipinski definition) is 6. The minimum absolute atomic E-state index is 0.0181. The maximum Gasteiger partial charge on any atom is 0.305 e. The topological polar surface area (TPSA) is 94.4 Å². The van der Waals surface area contributed by atoms with Crippen molar-refractivity contribution in [1.29, 1.82) is 0 Å². The molecule has 0 saturated heterocycles. The van der Waals surface area contributed by atoms with Crippen LogP contribution < -0.4 is 5.32 Å². The molecule has 1 heterocycles. The van der Waals surface area contributed by atoms with Crippen molar-refractivity contribution >= 4 is 17.5 Å². The number of rotatable bonds is 11. The summed E-state index contributed by atoms with van der Waals surface area (Å²) in [7, 11) is 0. The first-order chi connectivity index (χ1) is 10.6. The maximum atomic E-state index is 11.3. The smallest absolute Gasteiger partial charge is 0.305 e. The summed E-state index contributed by atoms with van der Waals surface area (Å²) in [4.78, 5) is 25.2. The Bertz CT molecular complexity index is 462. The zero-order chi connectivity index (χ0) is 16.2. The standard InChI is InChI=1S/C15H23N3O4/c1-2-3-7-15(19)22-11-6-4-5-10-16-14-9-8-13(12-17-14)18(20)21/h8-9,12H,2-7,10-11H2,1H3,(H,16,17). The van der Waals surface area contributed by atoms with E-state index in [0.717, 1.165) is 38.6 Å². The fraction of sp³-hybridized carbons (Fsp3) is 0.600. The number of pyridine rings is 1. The van der Waals surface area contributed by atoms with Gasteiger partial charge in [-0.1, -0.05) is 13.3 Å². The van der Waals surface area contributed by atoms with Crippen molar-refractivity contribution < 1.29 is 14.5 Å². The third-order valence-corrected chi connectivity index (χ3v) is 3.08. The zero-order valence-electron chi connectivity index (χ0n) is 12.9. The first kappa shape index (κ1) is 17.9. The van der Waals surface area contributed by atoms with Gasteiger partial charge < -0.3 is 10.1 Å². The van der Waals surface area contributed by atoms with Crippen LogP contribution in [0.15, 0.2) is 18.3 Å². The minimum Gasteiger partial charge on any atom is -0.466 e. The van der Waals surface area contributed by atoms with Gasteiger partial charge >= 0.3 is 5.97 Å². The van der Waals surface area contributed by atoms with Crippen molar-refractivity contribution in [3.8, 4) is 0 Å². The highest BCUT2D eigenvalue weighted by Gasteiger charge is 2.04. The molecule has 1 aromatic rings. The molecule has 0 unspecified atom stereocenters. The summed E-state index contributed by atoms with van der Waals surface area (Å²) in [5.74, 6) is 0.506. The number of anilines is 1. The van der Waals surface area contributed by atoms with Gasteiger partial charge in [-0.2, -0.15) is 0 Å². The molecular weight excluding hydrogens is 286 g/mol. The molecule has 122 valence electrons. The molecule has 0 atom stereocenters. The van der Waals surface area contributed by atoms with E-state index in [4.69, 9.17) is 4.74 Å². The van der Waals surface area contributed by atoms with E-state index in [2.05, 4.69) is 10.3 Å². The van der Waals surface area contributed by atoms with E-state index in [1.165, 1.54) is 12.3 Å². The van der Waals surface area contributed by atoms with Gasteiger partial charge in [0.25, 0.3) is 5.69 Å². The average Bonchev–Trinajstić information content (AvgIpc) is 2.52. The first-order valence-corrected chi connectivity index (χ1v) is 7.63. The van der Waals surface area contributed by atoms with Gasteiger partial charge in [-0.05, 0) is 31.7 Å². The SMILES string of the molecule is CCCCC(=O)OCCCCCNc1ccc([N+](=O)[O-])cn1. The van der Waals surface area contributed by atoms with Gasteiger partial charge in [-0.25, -0.2) is 4.98 Å². The van der Waals surface area contributed by atoms with Gasteiger partial charge in [0.15, 0.2) is 0 Å². The number of ether oxygens (including phenoxy) is 1. The minimum atomic E-state index is -0.474. The summed E-state index contributed by atoms with van der Waals surface area (Å²) in [5, 5.41) is 13.6. The Morgan fingerprint density at radius 3 is 2.77 bits per heavy atom. The van der Waals surface area contributed by atoms with Crippen molar-refractivity contribution in [2.24, 2.45) is 0 Å². The summed E-state index contributed by atoms with van der Waals surface area (Å²) in [6.07, 6.45) is 6.32. The highest BCUT2D eigenvalue weighted by molar-refractivity contribution is 5.69. The van der Waals surface area contributed by atoms with Crippen LogP contribution >= 0.6 is 0 Å². The van der Waals surface area contributed by atoms with E-state index in [0.29, 0.717) is 18.8 Å². The molecule has 0 radical (unpaired) electrons. The van der Waals surface area contributed by atoms with Crippen molar-refractivity contribution in [1.82, 2.24) is 4.98 Å². The number of carbonyl (C=O) groups excluding carboxylic acids is 1. The molecule has 22 heavy (non-hydrogen) atoms. The Balaban J connectivity index is 2.03. The molecule has 7 nitrogen and oxygen atoms in total. The fourth-order valence-corrected chi connectivity index (χ4v) is 1.80. The fourth-order valence-electron chi connectivity index (χ4n) is 1.80. The zero-order valence-corrected chi connectivity index (χ0v) is 12.9. The van der Waals surface area contributed by atoms with Crippen molar-refractivity contribution in [2.75, 3.05) is 18.5 Å². The lowest BCUT2D eigenvalue weighted by Gasteiger charge is -2.06. The molecule has 0 aliphatic heterocycles. The van der Waals surface area contributed by atoms with Gasteiger partial charge in [0.05, 0.1) is 11.5 Å². The van der Waals surface area contributed by atoms with Crippen molar-refractivity contribution in [2.45, 2.75) is 45.4 Å². The van der Waals surface area contributed by atoms with Crippen LogP contribution in [0.5, 0.6) is 0 Å². The molecular formula is C15H23N3O4. The summed E-state index contributed by atoms with van der Waals surface area (Å²) in [5.41, 5.74) is -0.0181. The lowest BCUT2D eigenvalue weighted by molar-refractivity contribution is -0.385. The Hall–Kier alpha value is -2.18. The average molecular weight is 309 g/mol. The van der Waals surface area contributed by atoms with Crippen LogP contribution in [0.25, 0.3) is 0 Å². The van der Waals surface area contributed by atoms with Crippen LogP contribution in [0.4, 0.5) is 11.5 Å². The van der Waals surface area contributed by atoms with E-state index in [1.54, 1.807) is 6.07 Å². The third-order valence-electron chi connectivity index (χ3n) is 3.08. The van der Waals surface area contributed by atoms with Crippen LogP contribution in [0.3, 0.4) is 0 Å². The number of nitrogens with one attached hydrogen (secondary N) is 1. The predicted molar refractivity (Wildman–Crippen MR) is 83.7 cm³/mol. The molecule has 0 spiro atoms. The maximum absolute atomic E-state index is 11.3. The number of esters is 1. The van der Waals surface area contributed by atoms with Crippen molar-refractivity contribution in [3.05, 3.63) is 28.4 Å². The Kier molecular flexibility index (Phi) is 8.56. The van der Waals surface area contributed by atoms with E-state index >= 15 is 0 Å². The summed E-state index contributed by atoms with van der Waals surface area (Å²) >= 11 is 0. The molecule has 0 amide bonds. The van der Waals surface area contributed by atoms with Gasteiger partial charge in [0.2, 0.25) is 0 Å². The van der Waals surface area contributed by atoms with E-state index in [9.17, 15) is 14.9 Å². The Morgan fingerprint density at radius 1 is 1.32 bits per heavy atom. The normalized spacial score (nSPS) is 10.2. The van der Waals surface area contributed by atoms with Crippen LogP contribution in [0.1, 0.15) is 45.4 Å². The molecule has 1 aromatic heterocycles. The lowest BCUT2D eigenvalue weighted by atomic mass is 10.2. The van der Waals surface area contributed by atoms with Gasteiger partial charge in [0, 0.05) is 19.0 Å². The lowest BCUT2D eigenvalue weighted by Crippen LogP contribution is -2.07. The van der Waals surface area contributed by atoms with Crippen LogP contribution in [-0.4, -0.2) is 29.0 Å². The molecule has 0 fully saturated rings. The van der Waals surface area contributed by atoms with Gasteiger partial charge in [0.1, 0.15) is 12.0 Å². The monoisotopic (exact) mass is 309 g/mol. The van der Waals surface area contributed by atoms with Crippen LogP contribution in [0.2, 0.25) is 0 Å². The summed E-state index contributed by atoms with van der Waals surface area (Å²) in [6, 6.07) is 3.01. The second kappa shape index (κ2) is 10.5. The van der Waals surface area contributed by atoms with Crippen molar-refractivity contribution in [3.63, 3.8) is 0 Å². The molecule has 0 saturated carbocycles. The van der Waals surface area contributed by atoms with Gasteiger partial charge in [-0.15, -0.1) is 0 Å². The number of hydrogen-bond donors (Lipinski definition) is 1. The molecule has 1 rings (SSSR count). The number of nitrogens with zero attached hydrogens (tertiary/aromatic N) is 2. The highest BCUT2D eigenvalue weighted by Crippen LogP contribution is 2.11. The second-order valence-electron chi connectivity index (χ2n) is 4.97. The predicted octanol–water partition coefficient (Wildman–Crippen LogP) is 3.31. The molecule has 0 aliphatic carbocycles. The number of nitro groups is 1.